The third-order valence-corrected chi connectivity index (χ3v) is 5.43. The van der Waals surface area contributed by atoms with E-state index in [0.29, 0.717) is 0 Å². The van der Waals surface area contributed by atoms with Gasteiger partial charge in [0.2, 0.25) is 0 Å². The molecule has 1 heterocycles. The maximum Gasteiger partial charge on any atom is 0.516 e. The van der Waals surface area contributed by atoms with Crippen LogP contribution in [0.15, 0.2) is 24.3 Å². The topological polar surface area (TPSA) is 102 Å². The number of alkyl halides is 3. The van der Waals surface area contributed by atoms with E-state index < -0.39 is 45.8 Å². The number of carbonyl (C=O) groups is 2. The summed E-state index contributed by atoms with van der Waals surface area (Å²) in [6.07, 6.45) is -2.02. The average molecular weight is 454 g/mol. The molecule has 0 atom stereocenters. The van der Waals surface area contributed by atoms with Crippen molar-refractivity contribution in [2.75, 3.05) is 24.2 Å². The fourth-order valence-corrected chi connectivity index (χ4v) is 3.61. The molecule has 0 spiro atoms. The number of carbonyl (C=O) groups excluding carboxylic acids is 2. The second kappa shape index (κ2) is 8.58. The largest absolute Gasteiger partial charge is 0.516 e. The van der Waals surface area contributed by atoms with Gasteiger partial charge in [-0.1, -0.05) is 18.2 Å². The van der Waals surface area contributed by atoms with E-state index in [0.717, 1.165) is 6.07 Å². The molecule has 13 heteroatoms. The summed E-state index contributed by atoms with van der Waals surface area (Å²) in [4.78, 5) is 24.7. The normalized spacial score (nSPS) is 16.2. The van der Waals surface area contributed by atoms with Crippen LogP contribution in [-0.4, -0.2) is 56.6 Å². The van der Waals surface area contributed by atoms with E-state index in [1.165, 1.54) is 30.0 Å². The van der Waals surface area contributed by atoms with Crippen LogP contribution < -0.4 is 4.31 Å². The highest BCUT2D eigenvalue weighted by atomic mass is 32.2. The van der Waals surface area contributed by atoms with Crippen molar-refractivity contribution in [3.05, 3.63) is 29.8 Å². The highest BCUT2D eigenvalue weighted by Crippen LogP contribution is 2.34. The Morgan fingerprint density at radius 3 is 2.43 bits per heavy atom. The lowest BCUT2D eigenvalue weighted by Gasteiger charge is -2.27. The van der Waals surface area contributed by atoms with Gasteiger partial charge in [-0.25, -0.2) is 13.9 Å². The van der Waals surface area contributed by atoms with Gasteiger partial charge in [0.05, 0.1) is 25.4 Å². The summed E-state index contributed by atoms with van der Waals surface area (Å²) in [5, 5.41) is 0. The zero-order valence-corrected chi connectivity index (χ0v) is 17.2. The molecule has 1 aromatic rings. The number of para-hydroxylation sites is 1. The first kappa shape index (κ1) is 23.6. The Morgan fingerprint density at radius 1 is 1.27 bits per heavy atom. The highest BCUT2D eigenvalue weighted by molar-refractivity contribution is 7.93. The minimum atomic E-state index is -5.93. The molecule has 0 saturated carbocycles. The number of benzene rings is 1. The SMILES string of the molecule is CCOC(=O)OCN(c1ccccc1CN1CC(C)(C)OC1=O)S(=O)(=O)C(F)(F)F. The monoisotopic (exact) mass is 454 g/mol. The summed E-state index contributed by atoms with van der Waals surface area (Å²) in [5.41, 5.74) is -6.80. The molecule has 1 fully saturated rings. The first-order valence-electron chi connectivity index (χ1n) is 8.73. The number of sulfonamides is 1. The molecule has 1 aliphatic heterocycles. The molecule has 2 rings (SSSR count). The van der Waals surface area contributed by atoms with Crippen molar-refractivity contribution in [3.63, 3.8) is 0 Å². The molecule has 0 unspecified atom stereocenters. The van der Waals surface area contributed by atoms with Crippen LogP contribution in [0.5, 0.6) is 0 Å². The highest BCUT2D eigenvalue weighted by Gasteiger charge is 2.51. The second-order valence-electron chi connectivity index (χ2n) is 6.87. The lowest BCUT2D eigenvalue weighted by atomic mass is 10.1. The summed E-state index contributed by atoms with van der Waals surface area (Å²) < 4.78 is 78.1. The third-order valence-electron chi connectivity index (χ3n) is 3.96. The molecule has 30 heavy (non-hydrogen) atoms. The molecule has 0 N–H and O–H groups in total. The molecule has 0 aliphatic carbocycles. The van der Waals surface area contributed by atoms with Gasteiger partial charge in [0.25, 0.3) is 0 Å². The number of rotatable bonds is 7. The smallest absolute Gasteiger partial charge is 0.441 e. The molecule has 168 valence electrons. The number of nitrogens with zero attached hydrogens (tertiary/aromatic N) is 2. The average Bonchev–Trinajstić information content (AvgIpc) is 2.87. The van der Waals surface area contributed by atoms with Gasteiger partial charge in [0.1, 0.15) is 5.60 Å². The Balaban J connectivity index is 2.41. The summed E-state index contributed by atoms with van der Waals surface area (Å²) in [6, 6.07) is 5.25. The van der Waals surface area contributed by atoms with Crippen molar-refractivity contribution in [1.29, 1.82) is 0 Å². The Labute approximate surface area is 171 Å². The van der Waals surface area contributed by atoms with Crippen LogP contribution in [0.4, 0.5) is 28.4 Å². The predicted molar refractivity (Wildman–Crippen MR) is 97.8 cm³/mol. The van der Waals surface area contributed by atoms with E-state index >= 15 is 0 Å². The van der Waals surface area contributed by atoms with Crippen molar-refractivity contribution in [1.82, 2.24) is 4.90 Å². The number of halogens is 3. The van der Waals surface area contributed by atoms with Gasteiger partial charge < -0.3 is 14.2 Å². The maximum atomic E-state index is 13.3. The first-order chi connectivity index (χ1) is 13.8. The van der Waals surface area contributed by atoms with Gasteiger partial charge in [-0.2, -0.15) is 21.6 Å². The number of ether oxygens (including phenoxy) is 3. The van der Waals surface area contributed by atoms with Crippen molar-refractivity contribution in [2.24, 2.45) is 0 Å². The van der Waals surface area contributed by atoms with Crippen LogP contribution in [0.2, 0.25) is 0 Å². The van der Waals surface area contributed by atoms with Crippen molar-refractivity contribution in [3.8, 4) is 0 Å². The molecule has 0 bridgehead atoms. The van der Waals surface area contributed by atoms with Crippen LogP contribution in [-0.2, 0) is 30.8 Å². The number of cyclic esters (lactones) is 1. The van der Waals surface area contributed by atoms with Crippen molar-refractivity contribution >= 4 is 28.0 Å². The number of amides is 1. The summed E-state index contributed by atoms with van der Waals surface area (Å²) >= 11 is 0. The van der Waals surface area contributed by atoms with Crippen LogP contribution in [0, 0.1) is 0 Å². The minimum absolute atomic E-state index is 0.0763. The molecule has 1 amide bonds. The fraction of sp³-hybridized carbons (Fsp3) is 0.529. The summed E-state index contributed by atoms with van der Waals surface area (Å²) in [6.45, 7) is 3.29. The zero-order valence-electron chi connectivity index (χ0n) is 16.4. The molecule has 0 radical (unpaired) electrons. The van der Waals surface area contributed by atoms with Gasteiger partial charge >= 0.3 is 27.8 Å². The zero-order chi connectivity index (χ0) is 22.7. The first-order valence-corrected chi connectivity index (χ1v) is 10.2. The Hall–Kier alpha value is -2.70. The number of hydrogen-bond donors (Lipinski definition) is 0. The Bertz CT molecular complexity index is 903. The number of anilines is 1. The third kappa shape index (κ3) is 5.26. The molecule has 1 aliphatic rings. The standard InChI is InChI=1S/C17H21F3N2O7S/c1-4-27-15(24)28-11-22(30(25,26)17(18,19)20)13-8-6-5-7-12(13)9-21-10-16(2,3)29-14(21)23/h5-8H,4,9-11H2,1-3H3. The van der Waals surface area contributed by atoms with Crippen molar-refractivity contribution < 1.29 is 45.4 Å². The maximum absolute atomic E-state index is 13.3. The number of hydrogen-bond acceptors (Lipinski definition) is 7. The van der Waals surface area contributed by atoms with E-state index in [1.54, 1.807) is 13.8 Å². The molecule has 0 aromatic heterocycles. The van der Waals surface area contributed by atoms with Crippen LogP contribution in [0.3, 0.4) is 0 Å². The van der Waals surface area contributed by atoms with Gasteiger partial charge in [-0.15, -0.1) is 0 Å². The van der Waals surface area contributed by atoms with Crippen molar-refractivity contribution in [2.45, 2.75) is 38.4 Å². The van der Waals surface area contributed by atoms with E-state index in [9.17, 15) is 31.2 Å². The van der Waals surface area contributed by atoms with E-state index in [-0.39, 0.29) is 29.6 Å². The molecular formula is C17H21F3N2O7S. The molecule has 1 aromatic carbocycles. The van der Waals surface area contributed by atoms with Gasteiger partial charge in [0.15, 0.2) is 6.73 Å². The predicted octanol–water partition coefficient (Wildman–Crippen LogP) is 3.20. The quantitative estimate of drug-likeness (QED) is 0.460. The van der Waals surface area contributed by atoms with Crippen LogP contribution >= 0.6 is 0 Å². The summed E-state index contributed by atoms with van der Waals surface area (Å²) in [5.74, 6) is 0. The molecular weight excluding hydrogens is 433 g/mol. The van der Waals surface area contributed by atoms with Gasteiger partial charge in [0, 0.05) is 0 Å². The lowest BCUT2D eigenvalue weighted by Crippen LogP contribution is -2.43. The lowest BCUT2D eigenvalue weighted by molar-refractivity contribution is -0.0445. The van der Waals surface area contributed by atoms with Gasteiger partial charge in [-0.3, -0.25) is 4.90 Å². The Morgan fingerprint density at radius 2 is 1.90 bits per heavy atom. The Kier molecular flexibility index (Phi) is 6.74. The van der Waals surface area contributed by atoms with Gasteiger partial charge in [-0.05, 0) is 32.4 Å². The minimum Gasteiger partial charge on any atom is -0.441 e. The second-order valence-corrected chi connectivity index (χ2v) is 8.72. The van der Waals surface area contributed by atoms with E-state index in [1.807, 2.05) is 0 Å². The molecule has 9 nitrogen and oxygen atoms in total. The van der Waals surface area contributed by atoms with E-state index in [4.69, 9.17) is 4.74 Å². The van der Waals surface area contributed by atoms with Crippen LogP contribution in [0.25, 0.3) is 0 Å². The summed E-state index contributed by atoms with van der Waals surface area (Å²) in [7, 11) is -5.93. The fourth-order valence-electron chi connectivity index (χ4n) is 2.74. The molecule has 1 saturated heterocycles. The van der Waals surface area contributed by atoms with Crippen LogP contribution in [0.1, 0.15) is 26.3 Å². The van der Waals surface area contributed by atoms with E-state index in [2.05, 4.69) is 9.47 Å².